The Kier molecular flexibility index (Phi) is 4.78. The minimum atomic E-state index is 0.592. The number of rotatable bonds is 7. The van der Waals surface area contributed by atoms with Gasteiger partial charge in [-0.3, -0.25) is 0 Å². The van der Waals surface area contributed by atoms with Crippen LogP contribution in [0.25, 0.3) is 0 Å². The standard InChI is InChI=1S/C16H27N5S/c1-4-5-6-22-16-18-14(17)7-15(19-16)21-9-12-11(8-20(2)3)13(12)10-21/h7,11-13H,4-6,8-10H2,1-3H3,(H2,17,18,19)/t11?,12-,13+. The summed E-state index contributed by atoms with van der Waals surface area (Å²) in [4.78, 5) is 13.8. The van der Waals surface area contributed by atoms with Crippen molar-refractivity contribution in [2.24, 2.45) is 17.8 Å². The van der Waals surface area contributed by atoms with Crippen molar-refractivity contribution in [2.75, 3.05) is 50.1 Å². The summed E-state index contributed by atoms with van der Waals surface area (Å²) in [6.45, 7) is 5.66. The van der Waals surface area contributed by atoms with E-state index in [0.29, 0.717) is 5.82 Å². The van der Waals surface area contributed by atoms with Crippen molar-refractivity contribution in [3.05, 3.63) is 6.07 Å². The maximum absolute atomic E-state index is 5.97. The van der Waals surface area contributed by atoms with Crippen LogP contribution in [0.4, 0.5) is 11.6 Å². The molecule has 3 atom stereocenters. The van der Waals surface area contributed by atoms with Crippen molar-refractivity contribution in [3.8, 4) is 0 Å². The lowest BCUT2D eigenvalue weighted by molar-refractivity contribution is 0.366. The van der Waals surface area contributed by atoms with Gasteiger partial charge in [0.05, 0.1) is 0 Å². The lowest BCUT2D eigenvalue weighted by Gasteiger charge is -2.22. The molecule has 6 heteroatoms. The van der Waals surface area contributed by atoms with Crippen LogP contribution in [0.1, 0.15) is 19.8 Å². The van der Waals surface area contributed by atoms with Gasteiger partial charge in [0.15, 0.2) is 5.16 Å². The summed E-state index contributed by atoms with van der Waals surface area (Å²) >= 11 is 1.72. The molecule has 1 saturated carbocycles. The first-order valence-electron chi connectivity index (χ1n) is 8.25. The molecule has 22 heavy (non-hydrogen) atoms. The van der Waals surface area contributed by atoms with Crippen molar-refractivity contribution in [1.82, 2.24) is 14.9 Å². The zero-order chi connectivity index (χ0) is 15.7. The Hall–Kier alpha value is -1.01. The Balaban J connectivity index is 1.60. The van der Waals surface area contributed by atoms with Gasteiger partial charge in [0.25, 0.3) is 0 Å². The van der Waals surface area contributed by atoms with E-state index in [-0.39, 0.29) is 0 Å². The fourth-order valence-corrected chi connectivity index (χ4v) is 4.44. The van der Waals surface area contributed by atoms with Crippen LogP contribution >= 0.6 is 11.8 Å². The predicted octanol–water partition coefficient (Wildman–Crippen LogP) is 2.19. The normalized spacial score (nSPS) is 26.5. The Morgan fingerprint density at radius 2 is 2.05 bits per heavy atom. The zero-order valence-corrected chi connectivity index (χ0v) is 14.6. The van der Waals surface area contributed by atoms with Gasteiger partial charge in [0.2, 0.25) is 0 Å². The van der Waals surface area contributed by atoms with Gasteiger partial charge in [-0.1, -0.05) is 25.1 Å². The number of nitrogens with zero attached hydrogens (tertiary/aromatic N) is 4. The Labute approximate surface area is 137 Å². The number of piperidine rings is 1. The minimum Gasteiger partial charge on any atom is -0.383 e. The number of aromatic nitrogens is 2. The molecule has 0 bridgehead atoms. The highest BCUT2D eigenvalue weighted by Crippen LogP contribution is 2.52. The molecule has 1 unspecified atom stereocenters. The third-order valence-electron chi connectivity index (χ3n) is 4.71. The summed E-state index contributed by atoms with van der Waals surface area (Å²) in [5.74, 6) is 5.24. The molecule has 1 saturated heterocycles. The molecule has 2 N–H and O–H groups in total. The van der Waals surface area contributed by atoms with Gasteiger partial charge < -0.3 is 15.5 Å². The first kappa shape index (κ1) is 15.9. The van der Waals surface area contributed by atoms with Crippen LogP contribution in [0.3, 0.4) is 0 Å². The van der Waals surface area contributed by atoms with E-state index in [4.69, 9.17) is 10.7 Å². The van der Waals surface area contributed by atoms with Crippen molar-refractivity contribution >= 4 is 23.4 Å². The number of fused-ring (bicyclic) bond motifs is 1. The van der Waals surface area contributed by atoms with Gasteiger partial charge in [0, 0.05) is 31.5 Å². The number of thioether (sulfide) groups is 1. The van der Waals surface area contributed by atoms with Crippen LogP contribution in [0.2, 0.25) is 0 Å². The second-order valence-corrected chi connectivity index (χ2v) is 7.86. The lowest BCUT2D eigenvalue weighted by Crippen LogP contribution is -2.28. The Morgan fingerprint density at radius 3 is 2.68 bits per heavy atom. The predicted molar refractivity (Wildman–Crippen MR) is 93.3 cm³/mol. The van der Waals surface area contributed by atoms with Gasteiger partial charge in [-0.25, -0.2) is 9.97 Å². The number of hydrogen-bond donors (Lipinski definition) is 1. The number of nitrogen functional groups attached to an aromatic ring is 1. The van der Waals surface area contributed by atoms with Crippen molar-refractivity contribution in [2.45, 2.75) is 24.9 Å². The fourth-order valence-electron chi connectivity index (χ4n) is 3.49. The highest BCUT2D eigenvalue weighted by atomic mass is 32.2. The summed E-state index contributed by atoms with van der Waals surface area (Å²) in [6, 6.07) is 1.93. The quantitative estimate of drug-likeness (QED) is 0.472. The van der Waals surface area contributed by atoms with Crippen LogP contribution in [0.15, 0.2) is 11.2 Å². The molecule has 2 heterocycles. The van der Waals surface area contributed by atoms with Gasteiger partial charge in [-0.15, -0.1) is 0 Å². The SMILES string of the molecule is CCCCSc1nc(N)cc(N2C[C@@H]3C(CN(C)C)[C@@H]3C2)n1. The number of anilines is 2. The lowest BCUT2D eigenvalue weighted by atomic mass is 10.2. The van der Waals surface area contributed by atoms with Gasteiger partial charge in [-0.2, -0.15) is 0 Å². The summed E-state index contributed by atoms with van der Waals surface area (Å²) in [7, 11) is 4.33. The average Bonchev–Trinajstić information content (AvgIpc) is 2.91. The monoisotopic (exact) mass is 321 g/mol. The minimum absolute atomic E-state index is 0.592. The molecular formula is C16H27N5S. The van der Waals surface area contributed by atoms with Crippen molar-refractivity contribution in [1.29, 1.82) is 0 Å². The van der Waals surface area contributed by atoms with E-state index in [9.17, 15) is 0 Å². The molecule has 3 rings (SSSR count). The Morgan fingerprint density at radius 1 is 1.32 bits per heavy atom. The average molecular weight is 321 g/mol. The molecule has 122 valence electrons. The van der Waals surface area contributed by atoms with Crippen molar-refractivity contribution in [3.63, 3.8) is 0 Å². The summed E-state index contributed by atoms with van der Waals surface area (Å²) in [5, 5.41) is 0.828. The molecule has 1 aliphatic carbocycles. The van der Waals surface area contributed by atoms with E-state index in [2.05, 4.69) is 35.8 Å². The van der Waals surface area contributed by atoms with Crippen LogP contribution < -0.4 is 10.6 Å². The molecule has 5 nitrogen and oxygen atoms in total. The third kappa shape index (κ3) is 3.49. The van der Waals surface area contributed by atoms with Crippen LogP contribution in [0, 0.1) is 17.8 Å². The van der Waals surface area contributed by atoms with E-state index < -0.39 is 0 Å². The summed E-state index contributed by atoms with van der Waals surface area (Å²) in [5.41, 5.74) is 5.97. The topological polar surface area (TPSA) is 58.3 Å². The Bertz CT molecular complexity index is 509. The number of unbranched alkanes of at least 4 members (excludes halogenated alkanes) is 1. The van der Waals surface area contributed by atoms with Gasteiger partial charge in [0.1, 0.15) is 11.6 Å². The maximum Gasteiger partial charge on any atom is 0.191 e. The van der Waals surface area contributed by atoms with E-state index in [1.165, 1.54) is 19.4 Å². The van der Waals surface area contributed by atoms with Crippen LogP contribution in [-0.2, 0) is 0 Å². The van der Waals surface area contributed by atoms with Crippen LogP contribution in [-0.4, -0.2) is 54.4 Å². The smallest absolute Gasteiger partial charge is 0.191 e. The molecule has 0 aromatic carbocycles. The maximum atomic E-state index is 5.97. The molecule has 0 radical (unpaired) electrons. The molecule has 0 spiro atoms. The summed E-state index contributed by atoms with van der Waals surface area (Å²) in [6.07, 6.45) is 2.39. The van der Waals surface area contributed by atoms with Crippen molar-refractivity contribution < 1.29 is 0 Å². The second kappa shape index (κ2) is 6.62. The second-order valence-electron chi connectivity index (χ2n) is 6.79. The van der Waals surface area contributed by atoms with E-state index in [1.807, 2.05) is 6.07 Å². The van der Waals surface area contributed by atoms with E-state index in [1.54, 1.807) is 11.8 Å². The van der Waals surface area contributed by atoms with Gasteiger partial charge >= 0.3 is 0 Å². The highest BCUT2D eigenvalue weighted by Gasteiger charge is 2.55. The molecule has 0 amide bonds. The molecule has 2 fully saturated rings. The largest absolute Gasteiger partial charge is 0.383 e. The van der Waals surface area contributed by atoms with E-state index >= 15 is 0 Å². The molecule has 2 aliphatic rings. The number of nitrogens with two attached hydrogens (primary N) is 1. The van der Waals surface area contributed by atoms with Crippen LogP contribution in [0.5, 0.6) is 0 Å². The molecule has 1 aliphatic heterocycles. The fraction of sp³-hybridized carbons (Fsp3) is 0.750. The first-order chi connectivity index (χ1) is 10.6. The molecular weight excluding hydrogens is 294 g/mol. The highest BCUT2D eigenvalue weighted by molar-refractivity contribution is 7.99. The number of hydrogen-bond acceptors (Lipinski definition) is 6. The molecule has 1 aromatic rings. The summed E-state index contributed by atoms with van der Waals surface area (Å²) < 4.78 is 0. The van der Waals surface area contributed by atoms with Gasteiger partial charge in [-0.05, 0) is 38.3 Å². The first-order valence-corrected chi connectivity index (χ1v) is 9.24. The zero-order valence-electron chi connectivity index (χ0n) is 13.8. The van der Waals surface area contributed by atoms with E-state index in [0.717, 1.165) is 47.6 Å². The third-order valence-corrected chi connectivity index (χ3v) is 5.65. The molecule has 1 aromatic heterocycles.